The third kappa shape index (κ3) is 2.62. The van der Waals surface area contributed by atoms with Crippen LogP contribution in [0.2, 0.25) is 0 Å². The Kier molecular flexibility index (Phi) is 4.15. The molecule has 3 aromatic carbocycles. The maximum atomic E-state index is 4.40. The molecule has 0 fully saturated rings. The van der Waals surface area contributed by atoms with Gasteiger partial charge in [-0.2, -0.15) is 0 Å². The van der Waals surface area contributed by atoms with E-state index in [1.165, 1.54) is 55.9 Å². The van der Waals surface area contributed by atoms with Crippen LogP contribution >= 0.6 is 0 Å². The molecular formula is C30H31N. The van der Waals surface area contributed by atoms with E-state index in [0.29, 0.717) is 0 Å². The van der Waals surface area contributed by atoms with Crippen LogP contribution in [0.3, 0.4) is 0 Å². The fourth-order valence-corrected chi connectivity index (χ4v) is 5.53. The van der Waals surface area contributed by atoms with Crippen LogP contribution in [0.1, 0.15) is 56.9 Å². The van der Waals surface area contributed by atoms with Gasteiger partial charge in [0.05, 0.1) is 0 Å². The Labute approximate surface area is 186 Å². The first-order chi connectivity index (χ1) is 14.7. The van der Waals surface area contributed by atoms with E-state index in [2.05, 4.69) is 120 Å². The van der Waals surface area contributed by atoms with E-state index in [4.69, 9.17) is 0 Å². The van der Waals surface area contributed by atoms with Gasteiger partial charge in [-0.05, 0) is 75.7 Å². The summed E-state index contributed by atoms with van der Waals surface area (Å²) in [6.07, 6.45) is 2.19. The lowest BCUT2D eigenvalue weighted by molar-refractivity contribution is 0.660. The summed E-state index contributed by atoms with van der Waals surface area (Å²) in [6.45, 7) is 15.7. The molecule has 31 heavy (non-hydrogen) atoms. The Bertz CT molecular complexity index is 1270. The fraction of sp³-hybridized carbons (Fsp3) is 0.267. The van der Waals surface area contributed by atoms with Gasteiger partial charge in [0.15, 0.2) is 0 Å². The van der Waals surface area contributed by atoms with E-state index in [0.717, 1.165) is 0 Å². The van der Waals surface area contributed by atoms with Crippen molar-refractivity contribution in [3.8, 4) is 11.1 Å². The second kappa shape index (κ2) is 6.47. The third-order valence-electron chi connectivity index (χ3n) is 7.68. The molecule has 3 aromatic rings. The van der Waals surface area contributed by atoms with Crippen LogP contribution < -0.4 is 4.90 Å². The SMILES string of the molecule is C=C1C(=CC)c2ccc(N(C)c3ccc4c(c3)C(C)(C)c3ccccc3-4)cc2C1(C)C. The van der Waals surface area contributed by atoms with Gasteiger partial charge in [0.25, 0.3) is 0 Å². The van der Waals surface area contributed by atoms with Crippen molar-refractivity contribution in [1.82, 2.24) is 0 Å². The smallest absolute Gasteiger partial charge is 0.0411 e. The number of hydrogen-bond acceptors (Lipinski definition) is 1. The van der Waals surface area contributed by atoms with Crippen LogP contribution in [-0.2, 0) is 10.8 Å². The molecule has 0 unspecified atom stereocenters. The van der Waals surface area contributed by atoms with Crippen LogP contribution in [-0.4, -0.2) is 7.05 Å². The summed E-state index contributed by atoms with van der Waals surface area (Å²) in [5.41, 5.74) is 13.1. The summed E-state index contributed by atoms with van der Waals surface area (Å²) >= 11 is 0. The van der Waals surface area contributed by atoms with Crippen molar-refractivity contribution in [1.29, 1.82) is 0 Å². The molecule has 5 rings (SSSR count). The Balaban J connectivity index is 1.58. The zero-order valence-electron chi connectivity index (χ0n) is 19.5. The van der Waals surface area contributed by atoms with Crippen LogP contribution in [0.15, 0.2) is 78.9 Å². The summed E-state index contributed by atoms with van der Waals surface area (Å²) in [4.78, 5) is 2.31. The predicted molar refractivity (Wildman–Crippen MR) is 134 cm³/mol. The summed E-state index contributed by atoms with van der Waals surface area (Å²) < 4.78 is 0. The molecule has 2 aliphatic carbocycles. The molecule has 0 amide bonds. The minimum Gasteiger partial charge on any atom is -0.345 e. The molecule has 1 heteroatoms. The Hall–Kier alpha value is -3.06. The first kappa shape index (κ1) is 19.9. The maximum absolute atomic E-state index is 4.40. The molecule has 0 aromatic heterocycles. The average molecular weight is 406 g/mol. The second-order valence-electron chi connectivity index (χ2n) is 10.00. The maximum Gasteiger partial charge on any atom is 0.0411 e. The molecule has 0 heterocycles. The largest absolute Gasteiger partial charge is 0.345 e. The van der Waals surface area contributed by atoms with Crippen molar-refractivity contribution in [2.24, 2.45) is 0 Å². The van der Waals surface area contributed by atoms with Gasteiger partial charge in [-0.25, -0.2) is 0 Å². The highest BCUT2D eigenvalue weighted by atomic mass is 15.1. The highest BCUT2D eigenvalue weighted by molar-refractivity contribution is 5.90. The molecule has 0 saturated carbocycles. The molecular weight excluding hydrogens is 374 g/mol. The van der Waals surface area contributed by atoms with Gasteiger partial charge in [0.2, 0.25) is 0 Å². The summed E-state index contributed by atoms with van der Waals surface area (Å²) in [6, 6.07) is 22.6. The van der Waals surface area contributed by atoms with Crippen LogP contribution in [0.25, 0.3) is 16.7 Å². The molecule has 0 saturated heterocycles. The van der Waals surface area contributed by atoms with E-state index < -0.39 is 0 Å². The van der Waals surface area contributed by atoms with Crippen molar-refractivity contribution >= 4 is 16.9 Å². The van der Waals surface area contributed by atoms with Gasteiger partial charge in [-0.3, -0.25) is 0 Å². The third-order valence-corrected chi connectivity index (χ3v) is 7.68. The van der Waals surface area contributed by atoms with Gasteiger partial charge >= 0.3 is 0 Å². The number of hydrogen-bond donors (Lipinski definition) is 0. The van der Waals surface area contributed by atoms with Crippen LogP contribution in [0.5, 0.6) is 0 Å². The van der Waals surface area contributed by atoms with Crippen LogP contribution in [0, 0.1) is 0 Å². The van der Waals surface area contributed by atoms with E-state index in [-0.39, 0.29) is 10.8 Å². The Morgan fingerprint density at radius 2 is 1.26 bits per heavy atom. The summed E-state index contributed by atoms with van der Waals surface area (Å²) in [7, 11) is 2.17. The first-order valence-corrected chi connectivity index (χ1v) is 11.2. The van der Waals surface area contributed by atoms with E-state index in [1.807, 2.05) is 0 Å². The second-order valence-corrected chi connectivity index (χ2v) is 10.00. The number of fused-ring (bicyclic) bond motifs is 4. The quantitative estimate of drug-likeness (QED) is 0.417. The number of anilines is 2. The zero-order valence-corrected chi connectivity index (χ0v) is 19.5. The molecule has 0 bridgehead atoms. The predicted octanol–water partition coefficient (Wildman–Crippen LogP) is 8.01. The standard InChI is InChI=1S/C30H31N/c1-8-22-19(2)29(3,4)27-17-20(13-15-24(22)27)31(7)21-14-16-25-23-11-9-10-12-26(23)30(5,6)28(25)18-21/h8-18H,2H2,1,3-7H3. The number of benzene rings is 3. The highest BCUT2D eigenvalue weighted by Crippen LogP contribution is 2.51. The molecule has 2 aliphatic rings. The lowest BCUT2D eigenvalue weighted by Crippen LogP contribution is -2.17. The molecule has 1 nitrogen and oxygen atoms in total. The average Bonchev–Trinajstić information content (AvgIpc) is 3.12. The fourth-order valence-electron chi connectivity index (χ4n) is 5.53. The zero-order chi connectivity index (χ0) is 22.1. The van der Waals surface area contributed by atoms with E-state index in [9.17, 15) is 0 Å². The van der Waals surface area contributed by atoms with E-state index in [1.54, 1.807) is 0 Å². The van der Waals surface area contributed by atoms with Gasteiger partial charge in [-0.1, -0.05) is 76.7 Å². The highest BCUT2D eigenvalue weighted by Gasteiger charge is 2.37. The lowest BCUT2D eigenvalue weighted by Gasteiger charge is -2.26. The first-order valence-electron chi connectivity index (χ1n) is 11.2. The number of nitrogens with zero attached hydrogens (tertiary/aromatic N) is 1. The molecule has 0 atom stereocenters. The minimum atomic E-state index is -0.0460. The summed E-state index contributed by atoms with van der Waals surface area (Å²) in [5, 5.41) is 0. The lowest BCUT2D eigenvalue weighted by atomic mass is 9.82. The van der Waals surface area contributed by atoms with Gasteiger partial charge < -0.3 is 4.90 Å². The number of allylic oxidation sites excluding steroid dienone is 3. The summed E-state index contributed by atoms with van der Waals surface area (Å²) in [5.74, 6) is 0. The molecule has 156 valence electrons. The topological polar surface area (TPSA) is 3.24 Å². The van der Waals surface area contributed by atoms with Gasteiger partial charge in [0, 0.05) is 29.3 Å². The van der Waals surface area contributed by atoms with Crippen LogP contribution in [0.4, 0.5) is 11.4 Å². The monoisotopic (exact) mass is 405 g/mol. The van der Waals surface area contributed by atoms with Crippen molar-refractivity contribution in [3.63, 3.8) is 0 Å². The van der Waals surface area contributed by atoms with Crippen molar-refractivity contribution in [2.75, 3.05) is 11.9 Å². The normalized spacial score (nSPS) is 18.6. The van der Waals surface area contributed by atoms with Crippen molar-refractivity contribution < 1.29 is 0 Å². The Morgan fingerprint density at radius 3 is 1.90 bits per heavy atom. The van der Waals surface area contributed by atoms with Crippen molar-refractivity contribution in [3.05, 3.63) is 101 Å². The van der Waals surface area contributed by atoms with Crippen molar-refractivity contribution in [2.45, 2.75) is 45.4 Å². The minimum absolute atomic E-state index is 0.0151. The molecule has 0 radical (unpaired) electrons. The van der Waals surface area contributed by atoms with E-state index >= 15 is 0 Å². The molecule has 0 spiro atoms. The molecule has 0 N–H and O–H groups in total. The number of rotatable bonds is 2. The van der Waals surface area contributed by atoms with Gasteiger partial charge in [0.1, 0.15) is 0 Å². The Morgan fingerprint density at radius 1 is 0.710 bits per heavy atom. The molecule has 0 aliphatic heterocycles. The van der Waals surface area contributed by atoms with Gasteiger partial charge in [-0.15, -0.1) is 0 Å².